The summed E-state index contributed by atoms with van der Waals surface area (Å²) < 4.78 is 4.81. The molecule has 1 aromatic rings. The average molecular weight is 312 g/mol. The Bertz CT molecular complexity index is 563. The first kappa shape index (κ1) is 15.4. The summed E-state index contributed by atoms with van der Waals surface area (Å²) >= 11 is 0.792. The van der Waals surface area contributed by atoms with Gasteiger partial charge in [0.05, 0.1) is 16.9 Å². The number of ether oxygens (including phenoxy) is 1. The fraction of sp³-hybridized carbons (Fsp3) is 0.538. The van der Waals surface area contributed by atoms with Gasteiger partial charge in [0.2, 0.25) is 0 Å². The second-order valence-corrected chi connectivity index (χ2v) is 6.05. The number of nitrogens with zero attached hydrogens (tertiary/aromatic N) is 1. The van der Waals surface area contributed by atoms with Gasteiger partial charge in [0.15, 0.2) is 0 Å². The Morgan fingerprint density at radius 1 is 1.33 bits per heavy atom. The standard InChI is InChI=1S/C13H16N2O5S/c1-20-12(17)13(7-3-2-4-8-13)14-11(16)9-5-6-10(21-9)15(18)19/h5-6H,2-4,7-8H2,1H3,(H,14,16). The van der Waals surface area contributed by atoms with Gasteiger partial charge in [0.1, 0.15) is 5.54 Å². The van der Waals surface area contributed by atoms with Crippen LogP contribution in [0, 0.1) is 10.1 Å². The van der Waals surface area contributed by atoms with Crippen LogP contribution in [0.2, 0.25) is 0 Å². The van der Waals surface area contributed by atoms with Crippen molar-refractivity contribution in [3.63, 3.8) is 0 Å². The molecule has 0 atom stereocenters. The normalized spacial score (nSPS) is 17.0. The summed E-state index contributed by atoms with van der Waals surface area (Å²) in [7, 11) is 1.29. The van der Waals surface area contributed by atoms with E-state index >= 15 is 0 Å². The Hall–Kier alpha value is -1.96. The molecule has 1 aliphatic rings. The monoisotopic (exact) mass is 312 g/mol. The maximum absolute atomic E-state index is 12.2. The van der Waals surface area contributed by atoms with Gasteiger partial charge in [-0.1, -0.05) is 30.6 Å². The number of hydrogen-bond donors (Lipinski definition) is 1. The summed E-state index contributed by atoms with van der Waals surface area (Å²) in [5, 5.41) is 13.3. The maximum atomic E-state index is 12.2. The number of rotatable bonds is 4. The van der Waals surface area contributed by atoms with Crippen LogP contribution in [0.3, 0.4) is 0 Å². The lowest BCUT2D eigenvalue weighted by Gasteiger charge is -2.35. The fourth-order valence-corrected chi connectivity index (χ4v) is 3.27. The van der Waals surface area contributed by atoms with Crippen LogP contribution in [0.1, 0.15) is 41.8 Å². The molecule has 0 aromatic carbocycles. The Balaban J connectivity index is 2.17. The van der Waals surface area contributed by atoms with E-state index in [0.717, 1.165) is 30.6 Å². The first-order valence-electron chi connectivity index (χ1n) is 6.64. The van der Waals surface area contributed by atoms with Crippen molar-refractivity contribution >= 4 is 28.2 Å². The highest BCUT2D eigenvalue weighted by molar-refractivity contribution is 7.17. The van der Waals surface area contributed by atoms with Crippen molar-refractivity contribution < 1.29 is 19.2 Å². The van der Waals surface area contributed by atoms with Gasteiger partial charge < -0.3 is 10.1 Å². The smallest absolute Gasteiger partial charge is 0.331 e. The molecule has 0 unspecified atom stereocenters. The van der Waals surface area contributed by atoms with Crippen LogP contribution in [0.4, 0.5) is 5.00 Å². The molecule has 0 radical (unpaired) electrons. The highest BCUT2D eigenvalue weighted by atomic mass is 32.1. The molecular formula is C13H16N2O5S. The molecule has 1 saturated carbocycles. The van der Waals surface area contributed by atoms with Crippen LogP contribution >= 0.6 is 11.3 Å². The Labute approximate surface area is 125 Å². The number of carbonyl (C=O) groups is 2. The third kappa shape index (κ3) is 3.21. The van der Waals surface area contributed by atoms with E-state index in [2.05, 4.69) is 5.32 Å². The van der Waals surface area contributed by atoms with Gasteiger partial charge in [0.25, 0.3) is 5.91 Å². The molecule has 0 bridgehead atoms. The van der Waals surface area contributed by atoms with Crippen molar-refractivity contribution in [3.05, 3.63) is 27.1 Å². The van der Waals surface area contributed by atoms with E-state index in [9.17, 15) is 19.7 Å². The maximum Gasteiger partial charge on any atom is 0.331 e. The molecule has 1 fully saturated rings. The molecular weight excluding hydrogens is 296 g/mol. The van der Waals surface area contributed by atoms with E-state index in [0.29, 0.717) is 12.8 Å². The number of hydrogen-bond acceptors (Lipinski definition) is 6. The molecule has 7 nitrogen and oxygen atoms in total. The third-order valence-electron chi connectivity index (χ3n) is 3.63. The fourth-order valence-electron chi connectivity index (χ4n) is 2.56. The second-order valence-electron chi connectivity index (χ2n) is 4.98. The topological polar surface area (TPSA) is 98.5 Å². The van der Waals surface area contributed by atoms with Gasteiger partial charge in [0, 0.05) is 6.07 Å². The number of esters is 1. The van der Waals surface area contributed by atoms with E-state index in [1.165, 1.54) is 19.2 Å². The van der Waals surface area contributed by atoms with Gasteiger partial charge >= 0.3 is 11.0 Å². The molecule has 114 valence electrons. The zero-order valence-corrected chi connectivity index (χ0v) is 12.4. The van der Waals surface area contributed by atoms with Gasteiger partial charge in [-0.15, -0.1) is 0 Å². The number of carbonyl (C=O) groups excluding carboxylic acids is 2. The van der Waals surface area contributed by atoms with Crippen molar-refractivity contribution in [2.24, 2.45) is 0 Å². The number of nitrogens with one attached hydrogen (secondary N) is 1. The average Bonchev–Trinajstić information content (AvgIpc) is 2.97. The molecule has 1 N–H and O–H groups in total. The van der Waals surface area contributed by atoms with Crippen molar-refractivity contribution in [3.8, 4) is 0 Å². The highest BCUT2D eigenvalue weighted by Crippen LogP contribution is 2.31. The number of methoxy groups -OCH3 is 1. The number of amides is 1. The van der Waals surface area contributed by atoms with Gasteiger partial charge in [-0.05, 0) is 18.9 Å². The minimum atomic E-state index is -1.01. The van der Waals surface area contributed by atoms with E-state index < -0.39 is 22.3 Å². The molecule has 1 aliphatic carbocycles. The molecule has 0 aliphatic heterocycles. The predicted molar refractivity (Wildman–Crippen MR) is 76.3 cm³/mol. The number of thiophene rings is 1. The third-order valence-corrected chi connectivity index (χ3v) is 4.67. The SMILES string of the molecule is COC(=O)C1(NC(=O)c2ccc([N+](=O)[O-])s2)CCCCC1. The molecule has 2 rings (SSSR count). The van der Waals surface area contributed by atoms with Crippen LogP contribution in [0.15, 0.2) is 12.1 Å². The summed E-state index contributed by atoms with van der Waals surface area (Å²) in [6.07, 6.45) is 3.73. The minimum Gasteiger partial charge on any atom is -0.467 e. The van der Waals surface area contributed by atoms with Gasteiger partial charge in [-0.2, -0.15) is 0 Å². The lowest BCUT2D eigenvalue weighted by atomic mass is 9.81. The summed E-state index contributed by atoms with van der Waals surface area (Å²) in [4.78, 5) is 34.6. The van der Waals surface area contributed by atoms with Crippen LogP contribution in [-0.4, -0.2) is 29.4 Å². The van der Waals surface area contributed by atoms with E-state index in [1.807, 2.05) is 0 Å². The van der Waals surface area contributed by atoms with E-state index in [1.54, 1.807) is 0 Å². The van der Waals surface area contributed by atoms with Crippen molar-refractivity contribution in [1.82, 2.24) is 5.32 Å². The van der Waals surface area contributed by atoms with Crippen LogP contribution in [0.5, 0.6) is 0 Å². The number of nitro groups is 1. The predicted octanol–water partition coefficient (Wildman–Crippen LogP) is 2.26. The van der Waals surface area contributed by atoms with Crippen molar-refractivity contribution in [1.29, 1.82) is 0 Å². The molecule has 1 heterocycles. The first-order chi connectivity index (χ1) is 9.98. The van der Waals surface area contributed by atoms with E-state index in [4.69, 9.17) is 4.74 Å². The van der Waals surface area contributed by atoms with Crippen molar-refractivity contribution in [2.75, 3.05) is 7.11 Å². The molecule has 1 amide bonds. The Morgan fingerprint density at radius 2 is 2.00 bits per heavy atom. The lowest BCUT2D eigenvalue weighted by Crippen LogP contribution is -2.56. The van der Waals surface area contributed by atoms with Gasteiger partial charge in [-0.3, -0.25) is 14.9 Å². The second kappa shape index (κ2) is 6.21. The molecule has 0 saturated heterocycles. The van der Waals surface area contributed by atoms with Crippen LogP contribution < -0.4 is 5.32 Å². The van der Waals surface area contributed by atoms with Gasteiger partial charge in [-0.25, -0.2) is 4.79 Å². The van der Waals surface area contributed by atoms with Crippen LogP contribution in [0.25, 0.3) is 0 Å². The zero-order chi connectivity index (χ0) is 15.5. The quantitative estimate of drug-likeness (QED) is 0.522. The first-order valence-corrected chi connectivity index (χ1v) is 7.45. The Morgan fingerprint density at radius 3 is 2.52 bits per heavy atom. The minimum absolute atomic E-state index is 0.101. The molecule has 21 heavy (non-hydrogen) atoms. The highest BCUT2D eigenvalue weighted by Gasteiger charge is 2.42. The molecule has 8 heteroatoms. The summed E-state index contributed by atoms with van der Waals surface area (Å²) in [6.45, 7) is 0. The summed E-state index contributed by atoms with van der Waals surface area (Å²) in [5.74, 6) is -0.929. The Kier molecular flexibility index (Phi) is 4.56. The molecule has 1 aromatic heterocycles. The van der Waals surface area contributed by atoms with Crippen LogP contribution in [-0.2, 0) is 9.53 Å². The van der Waals surface area contributed by atoms with Crippen molar-refractivity contribution in [2.45, 2.75) is 37.6 Å². The largest absolute Gasteiger partial charge is 0.467 e. The summed E-state index contributed by atoms with van der Waals surface area (Å²) in [6, 6.07) is 2.68. The molecule has 0 spiro atoms. The summed E-state index contributed by atoms with van der Waals surface area (Å²) in [5.41, 5.74) is -1.01. The zero-order valence-electron chi connectivity index (χ0n) is 11.6. The lowest BCUT2D eigenvalue weighted by molar-refractivity contribution is -0.380. The van der Waals surface area contributed by atoms with E-state index in [-0.39, 0.29) is 9.88 Å².